The molecule has 6 unspecified atom stereocenters. The van der Waals surface area contributed by atoms with Gasteiger partial charge in [0, 0.05) is 6.04 Å². The number of nitrogens with one attached hydrogen (secondary N) is 1. The van der Waals surface area contributed by atoms with Crippen LogP contribution in [0, 0.1) is 34.5 Å². The Morgan fingerprint density at radius 3 is 2.62 bits per heavy atom. The number of fused-ring (bicyclic) bond motifs is 7. The van der Waals surface area contributed by atoms with Crippen molar-refractivity contribution in [3.8, 4) is 0 Å². The summed E-state index contributed by atoms with van der Waals surface area (Å²) in [5.41, 5.74) is 1.85. The molecule has 0 aliphatic heterocycles. The first kappa shape index (κ1) is 6.44. The molecule has 5 aliphatic rings. The highest BCUT2D eigenvalue weighted by Gasteiger charge is 2.92. The van der Waals surface area contributed by atoms with Gasteiger partial charge in [-0.25, -0.2) is 0 Å². The fraction of sp³-hybridized carbons (Fsp3) is 1.00. The third-order valence-corrected chi connectivity index (χ3v) is 6.48. The van der Waals surface area contributed by atoms with Crippen LogP contribution in [0.5, 0.6) is 0 Å². The molecule has 0 aromatic carbocycles. The van der Waals surface area contributed by atoms with Crippen LogP contribution in [0.25, 0.3) is 0 Å². The summed E-state index contributed by atoms with van der Waals surface area (Å²) in [6, 6.07) is 0.930. The smallest absolute Gasteiger partial charge is 0.0133 e. The van der Waals surface area contributed by atoms with Crippen LogP contribution in [-0.4, -0.2) is 13.1 Å². The minimum absolute atomic E-state index is 0.877. The standard InChI is InChI=1S/C12H17N/c1-13-8-5-12(8)7-4-6-9(10(7)12)11(6)2-3-11/h6-10,13H,2-5H2,1H3. The second-order valence-corrected chi connectivity index (χ2v) is 6.39. The van der Waals surface area contributed by atoms with Crippen molar-refractivity contribution in [1.82, 2.24) is 5.32 Å². The van der Waals surface area contributed by atoms with E-state index < -0.39 is 0 Å². The van der Waals surface area contributed by atoms with Gasteiger partial charge in [-0.1, -0.05) is 0 Å². The summed E-state index contributed by atoms with van der Waals surface area (Å²) >= 11 is 0. The van der Waals surface area contributed by atoms with Crippen LogP contribution in [-0.2, 0) is 0 Å². The average Bonchev–Trinajstić information content (AvgIpc) is 3.07. The molecule has 5 rings (SSSR count). The fourth-order valence-corrected chi connectivity index (χ4v) is 5.69. The predicted molar refractivity (Wildman–Crippen MR) is 50.1 cm³/mol. The van der Waals surface area contributed by atoms with Gasteiger partial charge in [0.25, 0.3) is 0 Å². The Balaban J connectivity index is 1.49. The minimum Gasteiger partial charge on any atom is -0.316 e. The van der Waals surface area contributed by atoms with Gasteiger partial charge in [-0.05, 0) is 67.2 Å². The van der Waals surface area contributed by atoms with Crippen molar-refractivity contribution < 1.29 is 0 Å². The topological polar surface area (TPSA) is 12.0 Å². The second kappa shape index (κ2) is 1.41. The molecular formula is C12H17N. The molecule has 0 heterocycles. The van der Waals surface area contributed by atoms with E-state index in [2.05, 4.69) is 12.4 Å². The normalized spacial score (nSPS) is 72.2. The van der Waals surface area contributed by atoms with E-state index >= 15 is 0 Å². The molecule has 0 amide bonds. The molecule has 0 bridgehead atoms. The van der Waals surface area contributed by atoms with E-state index in [1.54, 1.807) is 19.3 Å². The van der Waals surface area contributed by atoms with Gasteiger partial charge in [0.15, 0.2) is 0 Å². The lowest BCUT2D eigenvalue weighted by Crippen LogP contribution is -2.13. The molecule has 5 aliphatic carbocycles. The van der Waals surface area contributed by atoms with E-state index in [1.165, 1.54) is 30.1 Å². The van der Waals surface area contributed by atoms with Crippen molar-refractivity contribution in [1.29, 1.82) is 0 Å². The van der Waals surface area contributed by atoms with Crippen molar-refractivity contribution in [3.63, 3.8) is 0 Å². The summed E-state index contributed by atoms with van der Waals surface area (Å²) in [6.45, 7) is 0. The lowest BCUT2D eigenvalue weighted by atomic mass is 10.1. The number of rotatable bonds is 1. The van der Waals surface area contributed by atoms with Crippen LogP contribution in [0.15, 0.2) is 0 Å². The van der Waals surface area contributed by atoms with Crippen LogP contribution in [0.2, 0.25) is 0 Å². The second-order valence-electron chi connectivity index (χ2n) is 6.39. The maximum Gasteiger partial charge on any atom is 0.0133 e. The molecule has 0 saturated heterocycles. The fourth-order valence-electron chi connectivity index (χ4n) is 5.69. The Morgan fingerprint density at radius 1 is 1.15 bits per heavy atom. The quantitative estimate of drug-likeness (QED) is 0.639. The molecular weight excluding hydrogens is 158 g/mol. The van der Waals surface area contributed by atoms with E-state index in [-0.39, 0.29) is 0 Å². The lowest BCUT2D eigenvalue weighted by molar-refractivity contribution is 0.526. The van der Waals surface area contributed by atoms with E-state index in [9.17, 15) is 0 Å². The Labute approximate surface area is 79.3 Å². The monoisotopic (exact) mass is 175 g/mol. The molecule has 5 saturated carbocycles. The third-order valence-electron chi connectivity index (χ3n) is 6.48. The van der Waals surface area contributed by atoms with Gasteiger partial charge in [0.05, 0.1) is 0 Å². The highest BCUT2D eigenvalue weighted by molar-refractivity contribution is 5.41. The summed E-state index contributed by atoms with van der Waals surface area (Å²) in [4.78, 5) is 0. The SMILES string of the molecule is CNC1CC12C1CC3C(C12)C31CC1. The summed E-state index contributed by atoms with van der Waals surface area (Å²) in [5.74, 6) is 4.85. The molecule has 1 heteroatoms. The summed E-state index contributed by atoms with van der Waals surface area (Å²) in [5, 5.41) is 3.51. The van der Waals surface area contributed by atoms with Gasteiger partial charge >= 0.3 is 0 Å². The molecule has 6 atom stereocenters. The molecule has 13 heavy (non-hydrogen) atoms. The van der Waals surface area contributed by atoms with E-state index in [4.69, 9.17) is 0 Å². The summed E-state index contributed by atoms with van der Waals surface area (Å²) < 4.78 is 0. The van der Waals surface area contributed by atoms with Crippen molar-refractivity contribution in [2.45, 2.75) is 31.7 Å². The van der Waals surface area contributed by atoms with Gasteiger partial charge in [0.1, 0.15) is 0 Å². The van der Waals surface area contributed by atoms with Gasteiger partial charge in [-0.15, -0.1) is 0 Å². The Hall–Kier alpha value is -0.0400. The van der Waals surface area contributed by atoms with Gasteiger partial charge in [-0.2, -0.15) is 0 Å². The van der Waals surface area contributed by atoms with E-state index in [1.807, 2.05) is 0 Å². The average molecular weight is 175 g/mol. The zero-order chi connectivity index (χ0) is 8.42. The molecule has 1 nitrogen and oxygen atoms in total. The van der Waals surface area contributed by atoms with Crippen molar-refractivity contribution in [2.24, 2.45) is 34.5 Å². The number of hydrogen-bond donors (Lipinski definition) is 1. The largest absolute Gasteiger partial charge is 0.316 e. The first-order valence-corrected chi connectivity index (χ1v) is 6.02. The van der Waals surface area contributed by atoms with Crippen LogP contribution < -0.4 is 5.32 Å². The Morgan fingerprint density at radius 2 is 2.00 bits per heavy atom. The minimum atomic E-state index is 0.877. The lowest BCUT2D eigenvalue weighted by Gasteiger charge is -1.98. The Bertz CT molecular complexity index is 319. The molecule has 1 N–H and O–H groups in total. The van der Waals surface area contributed by atoms with Crippen molar-refractivity contribution in [3.05, 3.63) is 0 Å². The highest BCUT2D eigenvalue weighted by atomic mass is 15.1. The molecule has 5 fully saturated rings. The Kier molecular flexibility index (Phi) is 0.697. The number of hydrogen-bond acceptors (Lipinski definition) is 1. The maximum atomic E-state index is 3.51. The zero-order valence-electron chi connectivity index (χ0n) is 8.22. The van der Waals surface area contributed by atoms with Crippen molar-refractivity contribution >= 4 is 0 Å². The maximum absolute atomic E-state index is 3.51. The first-order chi connectivity index (χ1) is 6.34. The third kappa shape index (κ3) is 0.439. The van der Waals surface area contributed by atoms with Crippen LogP contribution in [0.1, 0.15) is 25.7 Å². The van der Waals surface area contributed by atoms with Crippen LogP contribution in [0.3, 0.4) is 0 Å². The summed E-state index contributed by atoms with van der Waals surface area (Å²) in [6.07, 6.45) is 6.36. The van der Waals surface area contributed by atoms with Crippen LogP contribution in [0.4, 0.5) is 0 Å². The van der Waals surface area contributed by atoms with Gasteiger partial charge in [-0.3, -0.25) is 0 Å². The zero-order valence-corrected chi connectivity index (χ0v) is 8.22. The molecule has 2 spiro atoms. The molecule has 70 valence electrons. The van der Waals surface area contributed by atoms with Crippen LogP contribution >= 0.6 is 0 Å². The van der Waals surface area contributed by atoms with E-state index in [0.717, 1.165) is 16.9 Å². The van der Waals surface area contributed by atoms with E-state index in [0.29, 0.717) is 0 Å². The first-order valence-electron chi connectivity index (χ1n) is 6.02. The molecule has 0 aromatic rings. The predicted octanol–water partition coefficient (Wildman–Crippen LogP) is 1.64. The summed E-state index contributed by atoms with van der Waals surface area (Å²) in [7, 11) is 2.16. The van der Waals surface area contributed by atoms with Crippen molar-refractivity contribution in [2.75, 3.05) is 7.05 Å². The molecule has 0 aromatic heterocycles. The molecule has 0 radical (unpaired) electrons. The van der Waals surface area contributed by atoms with Gasteiger partial charge in [0.2, 0.25) is 0 Å². The van der Waals surface area contributed by atoms with Gasteiger partial charge < -0.3 is 5.32 Å². The highest BCUT2D eigenvalue weighted by Crippen LogP contribution is 2.95.